The van der Waals surface area contributed by atoms with E-state index < -0.39 is 12.0 Å². The zero-order valence-electron chi connectivity index (χ0n) is 11.9. The highest BCUT2D eigenvalue weighted by Crippen LogP contribution is 2.28. The number of rotatable bonds is 2. The van der Waals surface area contributed by atoms with Crippen molar-refractivity contribution in [3.63, 3.8) is 0 Å². The Morgan fingerprint density at radius 2 is 1.90 bits per heavy atom. The van der Waals surface area contributed by atoms with Gasteiger partial charge in [0.2, 0.25) is 5.91 Å². The molecule has 110 valence electrons. The van der Waals surface area contributed by atoms with Crippen molar-refractivity contribution in [3.05, 3.63) is 47.5 Å². The molecular weight excluding hydrogens is 266 g/mol. The smallest absolute Gasteiger partial charge is 0.326 e. The quantitative estimate of drug-likeness (QED) is 0.849. The standard InChI is InChI=1S/C17H19NO3/c19-16(12-6-2-1-3-7-12)18-11-14-9-5-4-8-13(14)10-15(18)17(20)21/h1-2,4-5,8-9,12,15H,3,6-7,10-11H2,(H,20,21)/t12-,15-/m0/s1. The van der Waals surface area contributed by atoms with E-state index in [4.69, 9.17) is 0 Å². The molecule has 1 aliphatic carbocycles. The SMILES string of the molecule is O=C(O)[C@@H]1Cc2ccccc2CN1C(=O)[C@H]1CC=CCC1. The molecular formula is C17H19NO3. The summed E-state index contributed by atoms with van der Waals surface area (Å²) in [6, 6.07) is 7.05. The van der Waals surface area contributed by atoms with Crippen LogP contribution in [-0.2, 0) is 22.6 Å². The highest BCUT2D eigenvalue weighted by atomic mass is 16.4. The lowest BCUT2D eigenvalue weighted by Crippen LogP contribution is -2.50. The van der Waals surface area contributed by atoms with Gasteiger partial charge in [0.05, 0.1) is 0 Å². The number of carbonyl (C=O) groups excluding carboxylic acids is 1. The summed E-state index contributed by atoms with van der Waals surface area (Å²) in [5.41, 5.74) is 2.10. The van der Waals surface area contributed by atoms with E-state index in [0.29, 0.717) is 13.0 Å². The largest absolute Gasteiger partial charge is 0.480 e. The highest BCUT2D eigenvalue weighted by molar-refractivity contribution is 5.86. The molecule has 0 bridgehead atoms. The molecule has 1 heterocycles. The number of allylic oxidation sites excluding steroid dienone is 2. The summed E-state index contributed by atoms with van der Waals surface area (Å²) in [4.78, 5) is 25.8. The van der Waals surface area contributed by atoms with E-state index in [0.717, 1.165) is 30.4 Å². The molecule has 0 saturated carbocycles. The number of nitrogens with zero attached hydrogens (tertiary/aromatic N) is 1. The molecule has 2 aliphatic rings. The average Bonchev–Trinajstić information content (AvgIpc) is 2.53. The van der Waals surface area contributed by atoms with Gasteiger partial charge in [-0.15, -0.1) is 0 Å². The third-order valence-corrected chi connectivity index (χ3v) is 4.44. The molecule has 1 N–H and O–H groups in total. The van der Waals surface area contributed by atoms with Crippen molar-refractivity contribution in [2.75, 3.05) is 0 Å². The summed E-state index contributed by atoms with van der Waals surface area (Å²) in [5.74, 6) is -0.993. The molecule has 0 aromatic heterocycles. The summed E-state index contributed by atoms with van der Waals surface area (Å²) in [6.07, 6.45) is 6.96. The van der Waals surface area contributed by atoms with Crippen molar-refractivity contribution in [1.29, 1.82) is 0 Å². The van der Waals surface area contributed by atoms with Gasteiger partial charge >= 0.3 is 5.97 Å². The van der Waals surface area contributed by atoms with Crippen LogP contribution in [0.5, 0.6) is 0 Å². The second-order valence-electron chi connectivity index (χ2n) is 5.77. The lowest BCUT2D eigenvalue weighted by molar-refractivity contribution is -0.153. The van der Waals surface area contributed by atoms with Crippen LogP contribution in [0.25, 0.3) is 0 Å². The minimum atomic E-state index is -0.913. The lowest BCUT2D eigenvalue weighted by atomic mass is 9.89. The van der Waals surface area contributed by atoms with Gasteiger partial charge in [0.15, 0.2) is 0 Å². The van der Waals surface area contributed by atoms with Crippen molar-refractivity contribution in [3.8, 4) is 0 Å². The number of fused-ring (bicyclic) bond motifs is 1. The van der Waals surface area contributed by atoms with Crippen molar-refractivity contribution in [2.45, 2.75) is 38.3 Å². The van der Waals surface area contributed by atoms with Crippen molar-refractivity contribution < 1.29 is 14.7 Å². The fourth-order valence-electron chi connectivity index (χ4n) is 3.23. The number of carbonyl (C=O) groups is 2. The molecule has 0 unspecified atom stereocenters. The normalized spacial score (nSPS) is 24.5. The second kappa shape index (κ2) is 5.72. The van der Waals surface area contributed by atoms with E-state index in [9.17, 15) is 14.7 Å². The van der Waals surface area contributed by atoms with Gasteiger partial charge in [0, 0.05) is 18.9 Å². The first-order valence-electron chi connectivity index (χ1n) is 7.42. The molecule has 1 aromatic carbocycles. The predicted molar refractivity (Wildman–Crippen MR) is 78.6 cm³/mol. The number of aliphatic carboxylic acids is 1. The van der Waals surface area contributed by atoms with Gasteiger partial charge in [0.1, 0.15) is 6.04 Å². The number of carboxylic acid groups (broad SMARTS) is 1. The van der Waals surface area contributed by atoms with E-state index in [2.05, 4.69) is 6.08 Å². The number of carboxylic acids is 1. The summed E-state index contributed by atoms with van der Waals surface area (Å²) >= 11 is 0. The van der Waals surface area contributed by atoms with Gasteiger partial charge in [-0.25, -0.2) is 4.79 Å². The molecule has 0 radical (unpaired) electrons. The number of benzene rings is 1. The van der Waals surface area contributed by atoms with Crippen LogP contribution in [0.15, 0.2) is 36.4 Å². The van der Waals surface area contributed by atoms with E-state index in [1.807, 2.05) is 30.3 Å². The first-order chi connectivity index (χ1) is 10.2. The van der Waals surface area contributed by atoms with Crippen LogP contribution >= 0.6 is 0 Å². The van der Waals surface area contributed by atoms with Crippen molar-refractivity contribution in [1.82, 2.24) is 4.90 Å². The Bertz CT molecular complexity index is 593. The second-order valence-corrected chi connectivity index (χ2v) is 5.77. The van der Waals surface area contributed by atoms with Gasteiger partial charge in [-0.2, -0.15) is 0 Å². The maximum Gasteiger partial charge on any atom is 0.326 e. The van der Waals surface area contributed by atoms with Gasteiger partial charge in [-0.3, -0.25) is 4.79 Å². The average molecular weight is 285 g/mol. The maximum atomic E-state index is 12.7. The van der Waals surface area contributed by atoms with Crippen molar-refractivity contribution in [2.24, 2.45) is 5.92 Å². The molecule has 21 heavy (non-hydrogen) atoms. The first kappa shape index (κ1) is 13.9. The Morgan fingerprint density at radius 3 is 2.57 bits per heavy atom. The van der Waals surface area contributed by atoms with E-state index in [1.54, 1.807) is 4.90 Å². The van der Waals surface area contributed by atoms with E-state index >= 15 is 0 Å². The minimum Gasteiger partial charge on any atom is -0.480 e. The molecule has 0 spiro atoms. The summed E-state index contributed by atoms with van der Waals surface area (Å²) in [5, 5.41) is 9.47. The Hall–Kier alpha value is -2.10. The molecule has 0 fully saturated rings. The number of amides is 1. The van der Waals surface area contributed by atoms with Crippen LogP contribution in [0, 0.1) is 5.92 Å². The monoisotopic (exact) mass is 285 g/mol. The highest BCUT2D eigenvalue weighted by Gasteiger charge is 2.37. The fourth-order valence-corrected chi connectivity index (χ4v) is 3.23. The van der Waals surface area contributed by atoms with Crippen molar-refractivity contribution >= 4 is 11.9 Å². The molecule has 1 aromatic rings. The Labute approximate surface area is 124 Å². The fraction of sp³-hybridized carbons (Fsp3) is 0.412. The van der Waals surface area contributed by atoms with Crippen LogP contribution in [0.2, 0.25) is 0 Å². The van der Waals surface area contributed by atoms with Gasteiger partial charge in [-0.05, 0) is 30.4 Å². The first-order valence-corrected chi connectivity index (χ1v) is 7.42. The Balaban J connectivity index is 1.87. The van der Waals surface area contributed by atoms with Crippen LogP contribution in [-0.4, -0.2) is 27.9 Å². The predicted octanol–water partition coefficient (Wildman–Crippen LogP) is 2.38. The Morgan fingerprint density at radius 1 is 1.14 bits per heavy atom. The zero-order valence-corrected chi connectivity index (χ0v) is 11.9. The molecule has 0 saturated heterocycles. The minimum absolute atomic E-state index is 0.0127. The molecule has 4 nitrogen and oxygen atoms in total. The third kappa shape index (κ3) is 2.71. The van der Waals surface area contributed by atoms with E-state index in [-0.39, 0.29) is 11.8 Å². The summed E-state index contributed by atoms with van der Waals surface area (Å²) in [6.45, 7) is 0.409. The van der Waals surface area contributed by atoms with Crippen LogP contribution in [0.1, 0.15) is 30.4 Å². The van der Waals surface area contributed by atoms with E-state index in [1.165, 1.54) is 0 Å². The van der Waals surface area contributed by atoms with Crippen LogP contribution in [0.3, 0.4) is 0 Å². The summed E-state index contributed by atoms with van der Waals surface area (Å²) in [7, 11) is 0. The lowest BCUT2D eigenvalue weighted by Gasteiger charge is -2.36. The van der Waals surface area contributed by atoms with Gasteiger partial charge < -0.3 is 10.0 Å². The molecule has 4 heteroatoms. The molecule has 3 rings (SSSR count). The van der Waals surface area contributed by atoms with Crippen LogP contribution in [0.4, 0.5) is 0 Å². The Kier molecular flexibility index (Phi) is 3.78. The third-order valence-electron chi connectivity index (χ3n) is 4.44. The number of hydrogen-bond donors (Lipinski definition) is 1. The van der Waals surface area contributed by atoms with Crippen LogP contribution < -0.4 is 0 Å². The van der Waals surface area contributed by atoms with Gasteiger partial charge in [-0.1, -0.05) is 36.4 Å². The topological polar surface area (TPSA) is 57.6 Å². The maximum absolute atomic E-state index is 12.7. The zero-order chi connectivity index (χ0) is 14.8. The van der Waals surface area contributed by atoms with Gasteiger partial charge in [0.25, 0.3) is 0 Å². The molecule has 1 aliphatic heterocycles. The number of hydrogen-bond acceptors (Lipinski definition) is 2. The molecule has 1 amide bonds. The molecule has 2 atom stereocenters. The summed E-state index contributed by atoms with van der Waals surface area (Å²) < 4.78 is 0.